The summed E-state index contributed by atoms with van der Waals surface area (Å²) in [5.41, 5.74) is 1.05. The van der Waals surface area contributed by atoms with Crippen molar-refractivity contribution in [3.63, 3.8) is 0 Å². The summed E-state index contributed by atoms with van der Waals surface area (Å²) in [6.45, 7) is 1.33. The van der Waals surface area contributed by atoms with Crippen molar-refractivity contribution >= 4 is 62.1 Å². The molecule has 1 heterocycles. The molecule has 0 aliphatic heterocycles. The number of aromatic nitrogens is 1. The third-order valence-electron chi connectivity index (χ3n) is 3.72. The van der Waals surface area contributed by atoms with Crippen LogP contribution < -0.4 is 10.0 Å². The van der Waals surface area contributed by atoms with Crippen LogP contribution in [0.25, 0.3) is 5.69 Å². The minimum atomic E-state index is -3.98. The molecule has 6 nitrogen and oxygen atoms in total. The number of sulfonamides is 1. The minimum absolute atomic E-state index is 0.0881. The maximum absolute atomic E-state index is 12.7. The van der Waals surface area contributed by atoms with Gasteiger partial charge in [-0.15, -0.1) is 0 Å². The molecule has 2 N–H and O–H groups in total. The standard InChI is InChI=1S/C18H14Cl3N3O3S/c1-11(25)22-16-5-4-12(8-13(16)19)28(26,27)23-17-9-15(21)18(10-14(17)20)24-6-2-3-7-24/h2-10,23H,1H3,(H,22,25). The molecule has 0 saturated carbocycles. The summed E-state index contributed by atoms with van der Waals surface area (Å²) in [5, 5.41) is 3.09. The van der Waals surface area contributed by atoms with E-state index in [-0.39, 0.29) is 26.5 Å². The van der Waals surface area contributed by atoms with E-state index < -0.39 is 10.0 Å². The summed E-state index contributed by atoms with van der Waals surface area (Å²) < 4.78 is 29.6. The average Bonchev–Trinajstić information content (AvgIpc) is 3.13. The number of carbonyl (C=O) groups excluding carboxylic acids is 1. The molecule has 0 aliphatic rings. The zero-order valence-corrected chi connectivity index (χ0v) is 17.5. The van der Waals surface area contributed by atoms with Gasteiger partial charge in [0.15, 0.2) is 0 Å². The van der Waals surface area contributed by atoms with Crippen molar-refractivity contribution in [1.82, 2.24) is 4.57 Å². The zero-order chi connectivity index (χ0) is 20.5. The van der Waals surface area contributed by atoms with E-state index in [1.54, 1.807) is 23.0 Å². The van der Waals surface area contributed by atoms with Gasteiger partial charge in [0.2, 0.25) is 5.91 Å². The van der Waals surface area contributed by atoms with Crippen LogP contribution in [0.3, 0.4) is 0 Å². The van der Waals surface area contributed by atoms with E-state index in [4.69, 9.17) is 34.8 Å². The van der Waals surface area contributed by atoms with Crippen molar-refractivity contribution in [3.05, 3.63) is 69.9 Å². The number of hydrogen-bond acceptors (Lipinski definition) is 3. The summed E-state index contributed by atoms with van der Waals surface area (Å²) in [6, 6.07) is 10.6. The molecule has 1 amide bonds. The highest BCUT2D eigenvalue weighted by atomic mass is 35.5. The van der Waals surface area contributed by atoms with Crippen molar-refractivity contribution in [1.29, 1.82) is 0 Å². The fraction of sp³-hybridized carbons (Fsp3) is 0.0556. The number of anilines is 2. The molecule has 0 unspecified atom stereocenters. The van der Waals surface area contributed by atoms with E-state index >= 15 is 0 Å². The van der Waals surface area contributed by atoms with E-state index in [0.29, 0.717) is 16.4 Å². The average molecular weight is 459 g/mol. The Morgan fingerprint density at radius 2 is 1.57 bits per heavy atom. The van der Waals surface area contributed by atoms with Crippen LogP contribution in [0.1, 0.15) is 6.92 Å². The third-order valence-corrected chi connectivity index (χ3v) is 6.02. The van der Waals surface area contributed by atoms with Crippen LogP contribution in [0, 0.1) is 0 Å². The second-order valence-electron chi connectivity index (χ2n) is 5.80. The van der Waals surface area contributed by atoms with E-state index in [2.05, 4.69) is 10.0 Å². The number of hydrogen-bond donors (Lipinski definition) is 2. The number of nitrogens with one attached hydrogen (secondary N) is 2. The molecule has 2 aromatic carbocycles. The predicted molar refractivity (Wildman–Crippen MR) is 112 cm³/mol. The lowest BCUT2D eigenvalue weighted by Crippen LogP contribution is -2.14. The molecule has 0 atom stereocenters. The van der Waals surface area contributed by atoms with Crippen LogP contribution in [0.15, 0.2) is 59.8 Å². The largest absolute Gasteiger partial charge is 0.325 e. The molecule has 0 saturated heterocycles. The molecule has 3 aromatic rings. The Morgan fingerprint density at radius 1 is 0.929 bits per heavy atom. The Labute approximate surface area is 177 Å². The fourth-order valence-corrected chi connectivity index (χ4v) is 4.38. The van der Waals surface area contributed by atoms with Gasteiger partial charge < -0.3 is 9.88 Å². The van der Waals surface area contributed by atoms with Crippen LogP contribution in [0.4, 0.5) is 11.4 Å². The lowest BCUT2D eigenvalue weighted by atomic mass is 10.3. The first-order valence-corrected chi connectivity index (χ1v) is 10.5. The van der Waals surface area contributed by atoms with Crippen molar-refractivity contribution in [2.75, 3.05) is 10.0 Å². The smallest absolute Gasteiger partial charge is 0.261 e. The minimum Gasteiger partial charge on any atom is -0.325 e. The van der Waals surface area contributed by atoms with Crippen LogP contribution in [-0.4, -0.2) is 18.9 Å². The Bertz CT molecular complexity index is 1150. The molecule has 0 spiro atoms. The topological polar surface area (TPSA) is 80.2 Å². The summed E-state index contributed by atoms with van der Waals surface area (Å²) >= 11 is 18.6. The van der Waals surface area contributed by atoms with Gasteiger partial charge in [-0.25, -0.2) is 8.42 Å². The maximum atomic E-state index is 12.7. The normalized spacial score (nSPS) is 11.3. The van der Waals surface area contributed by atoms with Crippen molar-refractivity contribution in [3.8, 4) is 5.69 Å². The van der Waals surface area contributed by atoms with Crippen LogP contribution in [0.5, 0.6) is 0 Å². The maximum Gasteiger partial charge on any atom is 0.261 e. The Kier molecular flexibility index (Phi) is 5.90. The van der Waals surface area contributed by atoms with E-state index in [1.807, 2.05) is 12.1 Å². The monoisotopic (exact) mass is 457 g/mol. The molecule has 1 aromatic heterocycles. The molecule has 28 heavy (non-hydrogen) atoms. The van der Waals surface area contributed by atoms with E-state index in [0.717, 1.165) is 0 Å². The fourth-order valence-electron chi connectivity index (χ4n) is 2.47. The summed E-state index contributed by atoms with van der Waals surface area (Å²) in [4.78, 5) is 11.1. The SMILES string of the molecule is CC(=O)Nc1ccc(S(=O)(=O)Nc2cc(Cl)c(-n3cccc3)cc2Cl)cc1Cl. The van der Waals surface area contributed by atoms with Crippen LogP contribution >= 0.6 is 34.8 Å². The summed E-state index contributed by atoms with van der Waals surface area (Å²) in [7, 11) is -3.98. The van der Waals surface area contributed by atoms with Gasteiger partial charge in [-0.1, -0.05) is 34.8 Å². The first-order chi connectivity index (χ1) is 13.2. The molecule has 0 radical (unpaired) electrons. The van der Waals surface area contributed by atoms with Gasteiger partial charge in [-0.2, -0.15) is 0 Å². The first kappa shape index (κ1) is 20.5. The van der Waals surface area contributed by atoms with Crippen LogP contribution in [0.2, 0.25) is 15.1 Å². The van der Waals surface area contributed by atoms with E-state index in [1.165, 1.54) is 31.2 Å². The lowest BCUT2D eigenvalue weighted by Gasteiger charge is -2.14. The number of rotatable bonds is 5. The van der Waals surface area contributed by atoms with Gasteiger partial charge in [0, 0.05) is 19.3 Å². The van der Waals surface area contributed by atoms with E-state index in [9.17, 15) is 13.2 Å². The molecule has 0 fully saturated rings. The van der Waals surface area contributed by atoms with Gasteiger partial charge in [0.05, 0.1) is 37.0 Å². The van der Waals surface area contributed by atoms with Gasteiger partial charge in [0.1, 0.15) is 0 Å². The number of carbonyl (C=O) groups is 1. The van der Waals surface area contributed by atoms with Crippen molar-refractivity contribution in [2.45, 2.75) is 11.8 Å². The predicted octanol–water partition coefficient (Wildman–Crippen LogP) is 5.20. The second kappa shape index (κ2) is 8.05. The Morgan fingerprint density at radius 3 is 2.18 bits per heavy atom. The highest BCUT2D eigenvalue weighted by molar-refractivity contribution is 7.92. The third kappa shape index (κ3) is 4.44. The highest BCUT2D eigenvalue weighted by Gasteiger charge is 2.19. The number of benzene rings is 2. The molecular weight excluding hydrogens is 445 g/mol. The number of amides is 1. The first-order valence-electron chi connectivity index (χ1n) is 7.90. The Hall–Kier alpha value is -2.19. The number of halogens is 3. The second-order valence-corrected chi connectivity index (χ2v) is 8.71. The van der Waals surface area contributed by atoms with Gasteiger partial charge in [0.25, 0.3) is 10.0 Å². The van der Waals surface area contributed by atoms with Gasteiger partial charge in [-0.05, 0) is 42.5 Å². The van der Waals surface area contributed by atoms with Crippen molar-refractivity contribution in [2.24, 2.45) is 0 Å². The molecular formula is C18H14Cl3N3O3S. The number of nitrogens with zero attached hydrogens (tertiary/aromatic N) is 1. The molecule has 0 bridgehead atoms. The summed E-state index contributed by atoms with van der Waals surface area (Å²) in [6.07, 6.45) is 3.58. The lowest BCUT2D eigenvalue weighted by molar-refractivity contribution is -0.114. The van der Waals surface area contributed by atoms with Gasteiger partial charge >= 0.3 is 0 Å². The Balaban J connectivity index is 1.91. The quantitative estimate of drug-likeness (QED) is 0.551. The highest BCUT2D eigenvalue weighted by Crippen LogP contribution is 2.33. The van der Waals surface area contributed by atoms with Crippen molar-refractivity contribution < 1.29 is 13.2 Å². The molecule has 10 heteroatoms. The summed E-state index contributed by atoms with van der Waals surface area (Å²) in [5.74, 6) is -0.320. The van der Waals surface area contributed by atoms with Crippen LogP contribution in [-0.2, 0) is 14.8 Å². The molecule has 0 aliphatic carbocycles. The molecule has 3 rings (SSSR count). The van der Waals surface area contributed by atoms with Gasteiger partial charge in [-0.3, -0.25) is 9.52 Å². The zero-order valence-electron chi connectivity index (χ0n) is 14.4. The molecule has 146 valence electrons.